The minimum Gasteiger partial charge on any atom is -0.508 e. The van der Waals surface area contributed by atoms with Gasteiger partial charge in [-0.05, 0) is 91.7 Å². The number of aromatic hydroxyl groups is 1. The molecule has 4 heteroatoms. The van der Waals surface area contributed by atoms with Crippen molar-refractivity contribution in [2.24, 2.45) is 0 Å². The molecule has 0 spiro atoms. The minimum atomic E-state index is 0.316. The van der Waals surface area contributed by atoms with Crippen molar-refractivity contribution in [3.05, 3.63) is 83.4 Å². The molecule has 2 heterocycles. The first-order chi connectivity index (χ1) is 16.2. The zero-order chi connectivity index (χ0) is 22.6. The molecule has 1 aliphatic heterocycles. The standard InChI is InChI=1S/C29H31NO2S/c1-21-5-9-23(10-6-21)29-27(26-14-11-24(31)20-28(26)33-29)19-22-7-12-25(13-8-22)32-18-17-30-15-3-2-4-16-30/h5-14,20,31H,2-4,15-19H2,1H3. The number of piperidine rings is 1. The average molecular weight is 458 g/mol. The predicted molar refractivity (Wildman–Crippen MR) is 139 cm³/mol. The van der Waals surface area contributed by atoms with Crippen LogP contribution in [0.25, 0.3) is 20.5 Å². The third-order valence-corrected chi connectivity index (χ3v) is 7.76. The number of fused-ring (bicyclic) bond motifs is 1. The normalized spacial score (nSPS) is 14.6. The summed E-state index contributed by atoms with van der Waals surface area (Å²) in [5, 5.41) is 11.2. The third kappa shape index (κ3) is 5.23. The summed E-state index contributed by atoms with van der Waals surface area (Å²) in [5.41, 5.74) is 5.07. The highest BCUT2D eigenvalue weighted by atomic mass is 32.1. The van der Waals surface area contributed by atoms with Crippen LogP contribution in [0.1, 0.15) is 36.0 Å². The zero-order valence-corrected chi connectivity index (χ0v) is 20.0. The summed E-state index contributed by atoms with van der Waals surface area (Å²) in [5.74, 6) is 1.26. The van der Waals surface area contributed by atoms with Gasteiger partial charge >= 0.3 is 0 Å². The Hall–Kier alpha value is -2.82. The van der Waals surface area contributed by atoms with Gasteiger partial charge in [-0.3, -0.25) is 4.90 Å². The summed E-state index contributed by atoms with van der Waals surface area (Å²) in [4.78, 5) is 3.78. The van der Waals surface area contributed by atoms with Crippen LogP contribution in [0.3, 0.4) is 0 Å². The minimum absolute atomic E-state index is 0.316. The molecule has 3 nitrogen and oxygen atoms in total. The molecule has 0 bridgehead atoms. The molecule has 1 N–H and O–H groups in total. The lowest BCUT2D eigenvalue weighted by atomic mass is 9.98. The molecular formula is C29H31NO2S. The quantitative estimate of drug-likeness (QED) is 0.323. The molecule has 3 aromatic carbocycles. The molecule has 4 aromatic rings. The largest absolute Gasteiger partial charge is 0.508 e. The van der Waals surface area contributed by atoms with E-state index in [-0.39, 0.29) is 0 Å². The van der Waals surface area contributed by atoms with Crippen LogP contribution in [0, 0.1) is 6.92 Å². The lowest BCUT2D eigenvalue weighted by Gasteiger charge is -2.26. The highest BCUT2D eigenvalue weighted by Crippen LogP contribution is 2.41. The molecule has 0 unspecified atom stereocenters. The lowest BCUT2D eigenvalue weighted by molar-refractivity contribution is 0.183. The van der Waals surface area contributed by atoms with Crippen molar-refractivity contribution in [2.45, 2.75) is 32.6 Å². The SMILES string of the molecule is Cc1ccc(-c2sc3cc(O)ccc3c2Cc2ccc(OCCN3CCCCC3)cc2)cc1. The molecule has 5 rings (SSSR count). The molecule has 170 valence electrons. The first-order valence-electron chi connectivity index (χ1n) is 11.9. The smallest absolute Gasteiger partial charge is 0.119 e. The second kappa shape index (κ2) is 9.98. The van der Waals surface area contributed by atoms with Crippen molar-refractivity contribution in [1.29, 1.82) is 0 Å². The van der Waals surface area contributed by atoms with Gasteiger partial charge in [-0.25, -0.2) is 0 Å². The summed E-state index contributed by atoms with van der Waals surface area (Å²) in [6, 6.07) is 23.0. The van der Waals surface area contributed by atoms with Gasteiger partial charge in [-0.15, -0.1) is 11.3 Å². The number of thiophene rings is 1. The van der Waals surface area contributed by atoms with E-state index in [1.807, 2.05) is 12.1 Å². The Morgan fingerprint density at radius 2 is 1.67 bits per heavy atom. The van der Waals surface area contributed by atoms with E-state index in [4.69, 9.17) is 4.74 Å². The van der Waals surface area contributed by atoms with Crippen molar-refractivity contribution in [3.63, 3.8) is 0 Å². The second-order valence-corrected chi connectivity index (χ2v) is 10.1. The topological polar surface area (TPSA) is 32.7 Å². The summed E-state index contributed by atoms with van der Waals surface area (Å²) in [6.07, 6.45) is 4.85. The number of likely N-dealkylation sites (tertiary alicyclic amines) is 1. The van der Waals surface area contributed by atoms with Crippen molar-refractivity contribution in [2.75, 3.05) is 26.2 Å². The van der Waals surface area contributed by atoms with Crippen LogP contribution >= 0.6 is 11.3 Å². The van der Waals surface area contributed by atoms with E-state index >= 15 is 0 Å². The van der Waals surface area contributed by atoms with Gasteiger partial charge in [0.25, 0.3) is 0 Å². The fourth-order valence-corrected chi connectivity index (χ4v) is 5.90. The van der Waals surface area contributed by atoms with E-state index in [0.717, 1.165) is 30.0 Å². The van der Waals surface area contributed by atoms with Gasteiger partial charge in [0, 0.05) is 16.1 Å². The maximum atomic E-state index is 10.0. The molecule has 33 heavy (non-hydrogen) atoms. The Balaban J connectivity index is 1.33. The Bertz CT molecular complexity index is 1210. The molecule has 1 aromatic heterocycles. The van der Waals surface area contributed by atoms with Gasteiger partial charge in [0.1, 0.15) is 18.1 Å². The second-order valence-electron chi connectivity index (χ2n) is 9.03. The van der Waals surface area contributed by atoms with Crippen molar-refractivity contribution in [1.82, 2.24) is 4.90 Å². The fraction of sp³-hybridized carbons (Fsp3) is 0.310. The zero-order valence-electron chi connectivity index (χ0n) is 19.2. The van der Waals surface area contributed by atoms with Crippen LogP contribution in [0.5, 0.6) is 11.5 Å². The van der Waals surface area contributed by atoms with Gasteiger partial charge in [0.15, 0.2) is 0 Å². The Kier molecular flexibility index (Phi) is 6.65. The molecule has 0 atom stereocenters. The van der Waals surface area contributed by atoms with Crippen molar-refractivity contribution in [3.8, 4) is 21.9 Å². The van der Waals surface area contributed by atoms with Crippen molar-refractivity contribution >= 4 is 21.4 Å². The maximum absolute atomic E-state index is 10.0. The van der Waals surface area contributed by atoms with Gasteiger partial charge in [-0.1, -0.05) is 48.4 Å². The molecule has 0 radical (unpaired) electrons. The van der Waals surface area contributed by atoms with Gasteiger partial charge in [0.05, 0.1) is 0 Å². The number of benzene rings is 3. The summed E-state index contributed by atoms with van der Waals surface area (Å²) in [7, 11) is 0. The third-order valence-electron chi connectivity index (χ3n) is 6.52. The first-order valence-corrected chi connectivity index (χ1v) is 12.7. The van der Waals surface area contributed by atoms with E-state index in [9.17, 15) is 5.11 Å². The number of rotatable bonds is 7. The molecular weight excluding hydrogens is 426 g/mol. The van der Waals surface area contributed by atoms with Crippen LogP contribution in [0.15, 0.2) is 66.7 Å². The Morgan fingerprint density at radius 1 is 0.909 bits per heavy atom. The van der Waals surface area contributed by atoms with E-state index in [2.05, 4.69) is 60.4 Å². The highest BCUT2D eigenvalue weighted by Gasteiger charge is 2.15. The molecule has 0 amide bonds. The number of nitrogens with zero attached hydrogens (tertiary/aromatic N) is 1. The number of phenols is 1. The Morgan fingerprint density at radius 3 is 2.42 bits per heavy atom. The maximum Gasteiger partial charge on any atom is 0.119 e. The predicted octanol–water partition coefficient (Wildman–Crippen LogP) is 7.04. The highest BCUT2D eigenvalue weighted by molar-refractivity contribution is 7.22. The van der Waals surface area contributed by atoms with Gasteiger partial charge < -0.3 is 9.84 Å². The fourth-order valence-electron chi connectivity index (χ4n) is 4.64. The number of aryl methyl sites for hydroxylation is 1. The van der Waals surface area contributed by atoms with Crippen LogP contribution in [-0.2, 0) is 6.42 Å². The van der Waals surface area contributed by atoms with Gasteiger partial charge in [0.2, 0.25) is 0 Å². The van der Waals surface area contributed by atoms with Crippen LogP contribution in [0.4, 0.5) is 0 Å². The lowest BCUT2D eigenvalue weighted by Crippen LogP contribution is -2.33. The van der Waals surface area contributed by atoms with Crippen LogP contribution in [-0.4, -0.2) is 36.2 Å². The molecule has 0 saturated carbocycles. The first kappa shape index (κ1) is 22.0. The molecule has 1 aliphatic rings. The van der Waals surface area contributed by atoms with E-state index in [1.165, 1.54) is 64.9 Å². The van der Waals surface area contributed by atoms with Crippen LogP contribution in [0.2, 0.25) is 0 Å². The van der Waals surface area contributed by atoms with Crippen molar-refractivity contribution < 1.29 is 9.84 Å². The summed E-state index contributed by atoms with van der Waals surface area (Å²) < 4.78 is 7.14. The van der Waals surface area contributed by atoms with Gasteiger partial charge in [-0.2, -0.15) is 0 Å². The van der Waals surface area contributed by atoms with E-state index < -0.39 is 0 Å². The average Bonchev–Trinajstić information content (AvgIpc) is 3.18. The number of phenolic OH excluding ortho intramolecular Hbond substituents is 1. The Labute approximate surface area is 200 Å². The summed E-state index contributed by atoms with van der Waals surface area (Å²) in [6.45, 7) is 6.28. The number of ether oxygens (including phenoxy) is 1. The number of hydrogen-bond donors (Lipinski definition) is 1. The molecule has 0 aliphatic carbocycles. The van der Waals surface area contributed by atoms with Crippen LogP contribution < -0.4 is 4.74 Å². The molecule has 1 saturated heterocycles. The number of hydrogen-bond acceptors (Lipinski definition) is 4. The summed E-state index contributed by atoms with van der Waals surface area (Å²) >= 11 is 1.75. The monoisotopic (exact) mass is 457 g/mol. The van der Waals surface area contributed by atoms with E-state index in [0.29, 0.717) is 5.75 Å². The van der Waals surface area contributed by atoms with E-state index in [1.54, 1.807) is 17.4 Å². The molecule has 1 fully saturated rings.